The van der Waals surface area contributed by atoms with Gasteiger partial charge in [0.1, 0.15) is 12.4 Å². The lowest BCUT2D eigenvalue weighted by Gasteiger charge is -2.20. The summed E-state index contributed by atoms with van der Waals surface area (Å²) in [5, 5.41) is 2.11. The molecule has 0 aromatic carbocycles. The van der Waals surface area contributed by atoms with E-state index in [1.807, 2.05) is 19.9 Å². The number of hydrogen-bond acceptors (Lipinski definition) is 5. The summed E-state index contributed by atoms with van der Waals surface area (Å²) in [4.78, 5) is 22.0. The van der Waals surface area contributed by atoms with Crippen molar-refractivity contribution < 1.29 is 18.0 Å². The number of nitrogens with zero attached hydrogens (tertiary/aromatic N) is 4. The van der Waals surface area contributed by atoms with Crippen LogP contribution in [0.2, 0.25) is 0 Å². The summed E-state index contributed by atoms with van der Waals surface area (Å²) in [6.45, 7) is 3.72. The van der Waals surface area contributed by atoms with Crippen LogP contribution in [0.25, 0.3) is 16.9 Å². The minimum atomic E-state index is -4.49. The van der Waals surface area contributed by atoms with E-state index in [2.05, 4.69) is 19.7 Å². The highest BCUT2D eigenvalue weighted by Crippen LogP contribution is 2.40. The van der Waals surface area contributed by atoms with Gasteiger partial charge in [0.15, 0.2) is 11.3 Å². The normalized spacial score (nSPS) is 15.9. The highest BCUT2D eigenvalue weighted by Gasteiger charge is 2.50. The largest absolute Gasteiger partial charge is 0.408 e. The summed E-state index contributed by atoms with van der Waals surface area (Å²) >= 11 is 1.33. The molecule has 1 atom stereocenters. The van der Waals surface area contributed by atoms with Gasteiger partial charge < -0.3 is 5.32 Å². The molecule has 6 nitrogen and oxygen atoms in total. The molecule has 3 heterocycles. The number of rotatable bonds is 4. The molecule has 1 aliphatic carbocycles. The molecule has 10 heteroatoms. The molecule has 0 bridgehead atoms. The number of aryl methyl sites for hydroxylation is 2. The van der Waals surface area contributed by atoms with Crippen molar-refractivity contribution >= 4 is 23.1 Å². The lowest BCUT2D eigenvalue weighted by Crippen LogP contribution is -2.47. The summed E-state index contributed by atoms with van der Waals surface area (Å²) in [5.74, 6) is -1.43. The fourth-order valence-electron chi connectivity index (χ4n) is 3.07. The van der Waals surface area contributed by atoms with Gasteiger partial charge in [-0.15, -0.1) is 0 Å². The fourth-order valence-corrected chi connectivity index (χ4v) is 3.64. The van der Waals surface area contributed by atoms with Crippen LogP contribution in [-0.4, -0.2) is 36.9 Å². The number of alkyl halides is 3. The van der Waals surface area contributed by atoms with Crippen LogP contribution in [0.5, 0.6) is 0 Å². The van der Waals surface area contributed by atoms with Crippen molar-refractivity contribution in [2.75, 3.05) is 0 Å². The molecular formula is C17H16F3N5OS. The van der Waals surface area contributed by atoms with Crippen LogP contribution in [-0.2, 0) is 0 Å². The average molecular weight is 395 g/mol. The summed E-state index contributed by atoms with van der Waals surface area (Å²) in [5.41, 5.74) is 2.31. The molecule has 3 aromatic rings. The van der Waals surface area contributed by atoms with Crippen LogP contribution in [0.4, 0.5) is 13.2 Å². The monoisotopic (exact) mass is 395 g/mol. The fraction of sp³-hybridized carbons (Fsp3) is 0.412. The van der Waals surface area contributed by atoms with Crippen LogP contribution in [0.15, 0.2) is 18.6 Å². The molecule has 27 heavy (non-hydrogen) atoms. The minimum Gasteiger partial charge on any atom is -0.339 e. The van der Waals surface area contributed by atoms with E-state index in [4.69, 9.17) is 0 Å². The third-order valence-corrected chi connectivity index (χ3v) is 5.37. The van der Waals surface area contributed by atoms with Gasteiger partial charge in [-0.05, 0) is 50.2 Å². The Morgan fingerprint density at radius 2 is 2.11 bits per heavy atom. The van der Waals surface area contributed by atoms with Gasteiger partial charge >= 0.3 is 6.18 Å². The second kappa shape index (κ2) is 6.29. The first-order valence-corrected chi connectivity index (χ1v) is 9.17. The first-order valence-electron chi connectivity index (χ1n) is 8.39. The van der Waals surface area contributed by atoms with E-state index < -0.39 is 24.0 Å². The third kappa shape index (κ3) is 3.29. The van der Waals surface area contributed by atoms with E-state index in [0.29, 0.717) is 18.5 Å². The smallest absolute Gasteiger partial charge is 0.339 e. The topological polar surface area (TPSA) is 72.2 Å². The first kappa shape index (κ1) is 17.9. The van der Waals surface area contributed by atoms with Crippen LogP contribution in [0.1, 0.15) is 33.9 Å². The standard InChI is InChI=1S/C17H16F3N5OS/c1-8-5-12(11-6-22-27-9(11)2)23-15-13(21-7-25(8)15)16(26)24-14(10-3-4-10)17(18,19)20/h5-7,10,14H,3-4H2,1-2H3,(H,24,26). The van der Waals surface area contributed by atoms with Crippen molar-refractivity contribution in [2.24, 2.45) is 5.92 Å². The Bertz CT molecular complexity index is 1020. The summed E-state index contributed by atoms with van der Waals surface area (Å²) in [6.07, 6.45) is -0.489. The Kier molecular flexibility index (Phi) is 4.17. The zero-order valence-electron chi connectivity index (χ0n) is 14.5. The number of hydrogen-bond donors (Lipinski definition) is 1. The van der Waals surface area contributed by atoms with Crippen molar-refractivity contribution in [3.8, 4) is 11.3 Å². The van der Waals surface area contributed by atoms with Crippen LogP contribution < -0.4 is 5.32 Å². The van der Waals surface area contributed by atoms with Crippen molar-refractivity contribution in [2.45, 2.75) is 38.9 Å². The Hall–Kier alpha value is -2.49. The third-order valence-electron chi connectivity index (χ3n) is 4.67. The number of amides is 1. The van der Waals surface area contributed by atoms with E-state index >= 15 is 0 Å². The molecule has 1 unspecified atom stereocenters. The molecule has 4 rings (SSSR count). The van der Waals surface area contributed by atoms with Crippen LogP contribution >= 0.6 is 11.5 Å². The highest BCUT2D eigenvalue weighted by atomic mass is 32.1. The van der Waals surface area contributed by atoms with Crippen LogP contribution in [0.3, 0.4) is 0 Å². The maximum Gasteiger partial charge on any atom is 0.408 e. The van der Waals surface area contributed by atoms with E-state index in [-0.39, 0.29) is 11.3 Å². The highest BCUT2D eigenvalue weighted by molar-refractivity contribution is 7.06. The second-order valence-electron chi connectivity index (χ2n) is 6.70. The maximum absolute atomic E-state index is 13.2. The second-order valence-corrected chi connectivity index (χ2v) is 7.70. The van der Waals surface area contributed by atoms with Crippen molar-refractivity contribution in [1.82, 2.24) is 24.1 Å². The number of nitrogens with one attached hydrogen (secondary N) is 1. The number of aromatic nitrogens is 4. The SMILES string of the molecule is Cc1sncc1-c1cc(C)n2cnc(C(=O)NC(C3CC3)C(F)(F)F)c2n1. The molecule has 0 radical (unpaired) electrons. The molecule has 1 amide bonds. The van der Waals surface area contributed by atoms with Gasteiger partial charge in [-0.2, -0.15) is 13.2 Å². The molecule has 1 saturated carbocycles. The Morgan fingerprint density at radius 3 is 2.70 bits per heavy atom. The zero-order valence-corrected chi connectivity index (χ0v) is 15.4. The van der Waals surface area contributed by atoms with E-state index in [1.54, 1.807) is 10.6 Å². The van der Waals surface area contributed by atoms with Crippen molar-refractivity contribution in [1.29, 1.82) is 0 Å². The lowest BCUT2D eigenvalue weighted by molar-refractivity contribution is -0.158. The number of fused-ring (bicyclic) bond motifs is 1. The Morgan fingerprint density at radius 1 is 1.37 bits per heavy atom. The maximum atomic E-state index is 13.2. The number of imidazole rings is 1. The van der Waals surface area contributed by atoms with Gasteiger partial charge in [0.25, 0.3) is 5.91 Å². The summed E-state index contributed by atoms with van der Waals surface area (Å²) < 4.78 is 45.4. The molecular weight excluding hydrogens is 379 g/mol. The summed E-state index contributed by atoms with van der Waals surface area (Å²) in [7, 11) is 0. The zero-order chi connectivity index (χ0) is 19.3. The quantitative estimate of drug-likeness (QED) is 0.734. The van der Waals surface area contributed by atoms with Gasteiger partial charge in [0.05, 0.1) is 11.9 Å². The average Bonchev–Trinajstić information content (AvgIpc) is 3.17. The van der Waals surface area contributed by atoms with Gasteiger partial charge in [0.2, 0.25) is 0 Å². The predicted octanol–water partition coefficient (Wildman–Crippen LogP) is 3.54. The number of halogens is 3. The predicted molar refractivity (Wildman–Crippen MR) is 93.6 cm³/mol. The van der Waals surface area contributed by atoms with Gasteiger partial charge in [-0.25, -0.2) is 14.3 Å². The Labute approximate surface area is 156 Å². The lowest BCUT2D eigenvalue weighted by atomic mass is 10.1. The van der Waals surface area contributed by atoms with E-state index in [9.17, 15) is 18.0 Å². The molecule has 1 aliphatic rings. The van der Waals surface area contributed by atoms with E-state index in [1.165, 1.54) is 17.9 Å². The van der Waals surface area contributed by atoms with Gasteiger partial charge in [-0.1, -0.05) is 0 Å². The molecule has 1 fully saturated rings. The number of carbonyl (C=O) groups is 1. The Balaban J connectivity index is 1.72. The van der Waals surface area contributed by atoms with Crippen molar-refractivity contribution in [3.05, 3.63) is 34.9 Å². The molecule has 0 spiro atoms. The van der Waals surface area contributed by atoms with Crippen molar-refractivity contribution in [3.63, 3.8) is 0 Å². The number of carbonyl (C=O) groups excluding carboxylic acids is 1. The molecule has 3 aromatic heterocycles. The molecule has 0 aliphatic heterocycles. The van der Waals surface area contributed by atoms with Gasteiger partial charge in [-0.3, -0.25) is 9.20 Å². The molecule has 1 N–H and O–H groups in total. The first-order chi connectivity index (χ1) is 12.8. The summed E-state index contributed by atoms with van der Waals surface area (Å²) in [6, 6.07) is -0.0233. The minimum absolute atomic E-state index is 0.115. The molecule has 0 saturated heterocycles. The van der Waals surface area contributed by atoms with Crippen LogP contribution in [0, 0.1) is 19.8 Å². The van der Waals surface area contributed by atoms with Gasteiger partial charge in [0, 0.05) is 16.1 Å². The van der Waals surface area contributed by atoms with E-state index in [0.717, 1.165) is 16.1 Å². The molecule has 142 valence electrons.